The molecule has 148 valence electrons. The molecule has 2 amide bonds. The van der Waals surface area contributed by atoms with E-state index in [2.05, 4.69) is 15.6 Å². The first-order valence-corrected chi connectivity index (χ1v) is 8.77. The van der Waals surface area contributed by atoms with Crippen LogP contribution in [0.15, 0.2) is 42.6 Å². The van der Waals surface area contributed by atoms with Crippen LogP contribution in [0.1, 0.15) is 18.1 Å². The molecular weight excluding hydrogens is 389 g/mol. The minimum atomic E-state index is -1.23. The maximum atomic E-state index is 13.1. The van der Waals surface area contributed by atoms with Crippen molar-refractivity contribution in [3.05, 3.63) is 64.7 Å². The Hall–Kier alpha value is -3.00. The molecule has 0 aliphatic carbocycles. The van der Waals surface area contributed by atoms with Crippen LogP contribution >= 0.6 is 11.6 Å². The predicted molar refractivity (Wildman–Crippen MR) is 100 cm³/mol. The number of nitrogens with one attached hydrogen (secondary N) is 2. The lowest BCUT2D eigenvalue weighted by Gasteiger charge is -2.21. The molecule has 0 saturated heterocycles. The van der Waals surface area contributed by atoms with Crippen LogP contribution in [0.25, 0.3) is 0 Å². The van der Waals surface area contributed by atoms with Crippen molar-refractivity contribution in [2.24, 2.45) is 0 Å². The molecule has 2 atom stereocenters. The summed E-state index contributed by atoms with van der Waals surface area (Å²) in [6.45, 7) is 1.25. The number of rotatable bonds is 8. The maximum absolute atomic E-state index is 13.1. The van der Waals surface area contributed by atoms with E-state index >= 15 is 0 Å². The van der Waals surface area contributed by atoms with Crippen LogP contribution < -0.4 is 10.6 Å². The van der Waals surface area contributed by atoms with E-state index in [1.54, 1.807) is 6.07 Å². The second-order valence-electron chi connectivity index (χ2n) is 6.18. The molecule has 0 saturated carbocycles. The molecule has 28 heavy (non-hydrogen) atoms. The van der Waals surface area contributed by atoms with E-state index in [1.165, 1.54) is 43.5 Å². The third-order valence-electron chi connectivity index (χ3n) is 3.89. The van der Waals surface area contributed by atoms with Gasteiger partial charge in [0.25, 0.3) is 0 Å². The van der Waals surface area contributed by atoms with E-state index in [0.717, 1.165) is 0 Å². The highest BCUT2D eigenvalue weighted by Crippen LogP contribution is 2.09. The lowest BCUT2D eigenvalue weighted by molar-refractivity contribution is -0.142. The van der Waals surface area contributed by atoms with Gasteiger partial charge in [0.2, 0.25) is 11.8 Å². The Morgan fingerprint density at radius 1 is 1.04 bits per heavy atom. The number of amides is 2. The van der Waals surface area contributed by atoms with Crippen molar-refractivity contribution in [1.29, 1.82) is 0 Å². The number of hydrogen-bond donors (Lipinski definition) is 3. The SMILES string of the molecule is CC(=O)N[C@H](Cc1ccc(F)cc1)C(=O)N[C@@H](Cc1ccc(Cl)nc1)C(=O)O. The number of pyridine rings is 1. The van der Waals surface area contributed by atoms with Gasteiger partial charge in [-0.2, -0.15) is 0 Å². The summed E-state index contributed by atoms with van der Waals surface area (Å²) in [4.78, 5) is 39.5. The zero-order chi connectivity index (χ0) is 20.7. The summed E-state index contributed by atoms with van der Waals surface area (Å²) in [5.74, 6) is -2.76. The molecule has 0 aliphatic rings. The molecule has 1 heterocycles. The Labute approximate surface area is 165 Å². The van der Waals surface area contributed by atoms with E-state index in [9.17, 15) is 23.9 Å². The number of carboxylic acids is 1. The summed E-state index contributed by atoms with van der Waals surface area (Å²) in [6.07, 6.45) is 1.50. The van der Waals surface area contributed by atoms with Crippen LogP contribution in [0.3, 0.4) is 0 Å². The van der Waals surface area contributed by atoms with Gasteiger partial charge in [0.1, 0.15) is 23.1 Å². The summed E-state index contributed by atoms with van der Waals surface area (Å²) in [5, 5.41) is 14.6. The number of carboxylic acid groups (broad SMARTS) is 1. The van der Waals surface area contributed by atoms with Crippen LogP contribution in [0, 0.1) is 5.82 Å². The van der Waals surface area contributed by atoms with Gasteiger partial charge in [0.05, 0.1) is 0 Å². The van der Waals surface area contributed by atoms with Gasteiger partial charge < -0.3 is 15.7 Å². The number of aliphatic carboxylic acids is 1. The minimum absolute atomic E-state index is 0.00538. The molecule has 0 aliphatic heterocycles. The second-order valence-corrected chi connectivity index (χ2v) is 6.56. The lowest BCUT2D eigenvalue weighted by atomic mass is 10.0. The van der Waals surface area contributed by atoms with E-state index in [4.69, 9.17) is 11.6 Å². The molecule has 9 heteroatoms. The number of carbonyl (C=O) groups is 3. The quantitative estimate of drug-likeness (QED) is 0.577. The Balaban J connectivity index is 2.11. The normalized spacial score (nSPS) is 12.7. The van der Waals surface area contributed by atoms with Crippen molar-refractivity contribution in [3.8, 4) is 0 Å². The number of halogens is 2. The lowest BCUT2D eigenvalue weighted by Crippen LogP contribution is -2.52. The first-order valence-electron chi connectivity index (χ1n) is 8.39. The average Bonchev–Trinajstić information content (AvgIpc) is 2.63. The van der Waals surface area contributed by atoms with Crippen molar-refractivity contribution in [2.75, 3.05) is 0 Å². The number of nitrogens with zero attached hydrogens (tertiary/aromatic N) is 1. The standard InChI is InChI=1S/C19H19ClFN3O4/c1-11(25)23-15(8-12-2-5-14(21)6-3-12)18(26)24-16(19(27)28)9-13-4-7-17(20)22-10-13/h2-7,10,15-16H,8-9H2,1H3,(H,23,25)(H,24,26)(H,27,28)/t15-,16+/m1/s1. The number of benzene rings is 1. The van der Waals surface area contributed by atoms with Crippen LogP contribution in [0.2, 0.25) is 5.15 Å². The van der Waals surface area contributed by atoms with E-state index in [1.807, 2.05) is 0 Å². The summed E-state index contributed by atoms with van der Waals surface area (Å²) >= 11 is 5.71. The summed E-state index contributed by atoms with van der Waals surface area (Å²) in [6, 6.07) is 6.37. The van der Waals surface area contributed by atoms with Crippen molar-refractivity contribution < 1.29 is 23.9 Å². The number of hydrogen-bond acceptors (Lipinski definition) is 4. The highest BCUT2D eigenvalue weighted by atomic mass is 35.5. The van der Waals surface area contributed by atoms with Crippen LogP contribution in [0.4, 0.5) is 4.39 Å². The first-order chi connectivity index (χ1) is 13.2. The minimum Gasteiger partial charge on any atom is -0.480 e. The Morgan fingerprint density at radius 2 is 1.64 bits per heavy atom. The highest BCUT2D eigenvalue weighted by molar-refractivity contribution is 6.29. The smallest absolute Gasteiger partial charge is 0.326 e. The summed E-state index contributed by atoms with van der Waals surface area (Å²) < 4.78 is 13.1. The van der Waals surface area contributed by atoms with Gasteiger partial charge in [-0.25, -0.2) is 14.2 Å². The Bertz CT molecular complexity index is 843. The maximum Gasteiger partial charge on any atom is 0.326 e. The zero-order valence-electron chi connectivity index (χ0n) is 15.0. The van der Waals surface area contributed by atoms with E-state index in [0.29, 0.717) is 11.1 Å². The van der Waals surface area contributed by atoms with Crippen molar-refractivity contribution in [3.63, 3.8) is 0 Å². The molecule has 2 aromatic rings. The Kier molecular flexibility index (Phi) is 7.45. The average molecular weight is 408 g/mol. The van der Waals surface area contributed by atoms with Crippen molar-refractivity contribution in [2.45, 2.75) is 31.8 Å². The molecule has 3 N–H and O–H groups in total. The van der Waals surface area contributed by atoms with Gasteiger partial charge >= 0.3 is 5.97 Å². The molecule has 0 radical (unpaired) electrons. The first kappa shape index (κ1) is 21.3. The monoisotopic (exact) mass is 407 g/mol. The largest absolute Gasteiger partial charge is 0.480 e. The molecule has 2 rings (SSSR count). The molecule has 7 nitrogen and oxygen atoms in total. The zero-order valence-corrected chi connectivity index (χ0v) is 15.7. The number of aromatic nitrogens is 1. The van der Waals surface area contributed by atoms with Gasteiger partial charge in [0.15, 0.2) is 0 Å². The molecule has 0 fully saturated rings. The second kappa shape index (κ2) is 9.80. The molecular formula is C19H19ClFN3O4. The molecule has 1 aromatic carbocycles. The Morgan fingerprint density at radius 3 is 2.18 bits per heavy atom. The third kappa shape index (κ3) is 6.62. The van der Waals surface area contributed by atoms with Gasteiger partial charge in [-0.15, -0.1) is 0 Å². The fraction of sp³-hybridized carbons (Fsp3) is 0.263. The van der Waals surface area contributed by atoms with Crippen molar-refractivity contribution >= 4 is 29.4 Å². The van der Waals surface area contributed by atoms with Crippen LogP contribution in [0.5, 0.6) is 0 Å². The van der Waals surface area contributed by atoms with Crippen LogP contribution in [-0.2, 0) is 27.2 Å². The third-order valence-corrected chi connectivity index (χ3v) is 4.11. The topological polar surface area (TPSA) is 108 Å². The van der Waals surface area contributed by atoms with Gasteiger partial charge in [-0.1, -0.05) is 29.8 Å². The van der Waals surface area contributed by atoms with Gasteiger partial charge in [-0.3, -0.25) is 9.59 Å². The van der Waals surface area contributed by atoms with Crippen LogP contribution in [-0.4, -0.2) is 40.0 Å². The molecule has 0 spiro atoms. The van der Waals surface area contributed by atoms with E-state index < -0.39 is 35.7 Å². The van der Waals surface area contributed by atoms with Gasteiger partial charge in [-0.05, 0) is 29.3 Å². The van der Waals surface area contributed by atoms with E-state index in [-0.39, 0.29) is 18.0 Å². The predicted octanol–water partition coefficient (Wildman–Crippen LogP) is 1.73. The fourth-order valence-electron chi connectivity index (χ4n) is 2.55. The molecule has 0 bridgehead atoms. The summed E-state index contributed by atoms with van der Waals surface area (Å²) in [5.41, 5.74) is 1.19. The number of carbonyl (C=O) groups excluding carboxylic acids is 2. The molecule has 1 aromatic heterocycles. The highest BCUT2D eigenvalue weighted by Gasteiger charge is 2.26. The molecule has 0 unspecified atom stereocenters. The summed E-state index contributed by atoms with van der Waals surface area (Å²) in [7, 11) is 0. The van der Waals surface area contributed by atoms with Crippen molar-refractivity contribution in [1.82, 2.24) is 15.6 Å². The van der Waals surface area contributed by atoms with Gasteiger partial charge in [0, 0.05) is 26.0 Å². The fourth-order valence-corrected chi connectivity index (χ4v) is 2.66.